The molecule has 0 spiro atoms. The fourth-order valence-electron chi connectivity index (χ4n) is 3.46. The van der Waals surface area contributed by atoms with Crippen LogP contribution in [-0.4, -0.2) is 17.1 Å². The molecule has 1 N–H and O–H groups in total. The fraction of sp³-hybridized carbons (Fsp3) is 0.182. The molecule has 0 saturated heterocycles. The van der Waals surface area contributed by atoms with Gasteiger partial charge in [-0.25, -0.2) is 0 Å². The first kappa shape index (κ1) is 20.9. The zero-order valence-corrected chi connectivity index (χ0v) is 16.1. The lowest BCUT2D eigenvalue weighted by Gasteiger charge is -2.28. The molecule has 1 atom stereocenters. The molecule has 2 heterocycles. The number of rotatable bonds is 4. The molecule has 156 valence electrons. The third-order valence-electron chi connectivity index (χ3n) is 5.05. The Balaban J connectivity index is 1.58. The largest absolute Gasteiger partial charge is 0.491 e. The Kier molecular flexibility index (Phi) is 5.68. The molecule has 0 aliphatic carbocycles. The van der Waals surface area contributed by atoms with Crippen molar-refractivity contribution in [1.29, 1.82) is 5.26 Å². The van der Waals surface area contributed by atoms with E-state index in [0.29, 0.717) is 22.4 Å². The van der Waals surface area contributed by atoms with Crippen LogP contribution in [0.25, 0.3) is 0 Å². The Morgan fingerprint density at radius 2 is 2.06 bits per heavy atom. The Morgan fingerprint density at radius 1 is 1.23 bits per heavy atom. The SMILES string of the molecule is N#Cc1ccc([C@@H]2Cc3ccc(C(F)(F)F)cc3B(O)O2)cc1OCc1cccnc1. The molecule has 9 heteroatoms. The van der Waals surface area contributed by atoms with Crippen LogP contribution in [-0.2, 0) is 23.9 Å². The van der Waals surface area contributed by atoms with Crippen molar-refractivity contribution in [2.24, 2.45) is 0 Å². The highest BCUT2D eigenvalue weighted by atomic mass is 19.4. The van der Waals surface area contributed by atoms with Crippen LogP contribution in [0.2, 0.25) is 0 Å². The third kappa shape index (κ3) is 4.55. The molecule has 1 aliphatic rings. The minimum atomic E-state index is -4.50. The summed E-state index contributed by atoms with van der Waals surface area (Å²) in [5, 5.41) is 19.7. The second-order valence-corrected chi connectivity index (χ2v) is 7.11. The Morgan fingerprint density at radius 3 is 2.77 bits per heavy atom. The molecule has 0 radical (unpaired) electrons. The zero-order chi connectivity index (χ0) is 22.0. The highest BCUT2D eigenvalue weighted by Crippen LogP contribution is 2.33. The van der Waals surface area contributed by atoms with E-state index >= 15 is 0 Å². The number of ether oxygens (including phenoxy) is 1. The molecule has 4 rings (SSSR count). The minimum Gasteiger partial charge on any atom is -0.487 e. The van der Waals surface area contributed by atoms with Crippen LogP contribution in [0.5, 0.6) is 5.75 Å². The lowest BCUT2D eigenvalue weighted by atomic mass is 9.71. The summed E-state index contributed by atoms with van der Waals surface area (Å²) in [5.41, 5.74) is 1.64. The van der Waals surface area contributed by atoms with E-state index in [4.69, 9.17) is 9.39 Å². The van der Waals surface area contributed by atoms with Crippen molar-refractivity contribution in [3.05, 3.63) is 88.7 Å². The smallest absolute Gasteiger partial charge is 0.487 e. The van der Waals surface area contributed by atoms with Gasteiger partial charge in [-0.3, -0.25) is 4.98 Å². The summed E-state index contributed by atoms with van der Waals surface area (Å²) in [5.74, 6) is 0.347. The molecule has 2 aromatic carbocycles. The van der Waals surface area contributed by atoms with Crippen molar-refractivity contribution >= 4 is 12.6 Å². The maximum atomic E-state index is 13.0. The standard InChI is InChI=1S/C22H16BF3N2O3/c24-22(25,26)18-6-5-15-8-21(31-23(29)19(15)10-18)16-3-4-17(11-27)20(9-16)30-13-14-2-1-7-28-12-14/h1-7,9-10,12,21,29H,8,13H2/t21-/m0/s1. The Hall–Kier alpha value is -3.35. The second kappa shape index (κ2) is 8.42. The molecule has 3 aromatic rings. The van der Waals surface area contributed by atoms with Gasteiger partial charge in [0.05, 0.1) is 17.2 Å². The van der Waals surface area contributed by atoms with Gasteiger partial charge in [-0.05, 0) is 46.9 Å². The number of hydrogen-bond donors (Lipinski definition) is 1. The molecular weight excluding hydrogens is 408 g/mol. The van der Waals surface area contributed by atoms with Gasteiger partial charge in [0.1, 0.15) is 18.4 Å². The summed E-state index contributed by atoms with van der Waals surface area (Å²) in [4.78, 5) is 4.02. The summed E-state index contributed by atoms with van der Waals surface area (Å²) in [7, 11) is -1.49. The van der Waals surface area contributed by atoms with Crippen molar-refractivity contribution in [2.75, 3.05) is 0 Å². The summed E-state index contributed by atoms with van der Waals surface area (Å²) in [6, 6.07) is 13.9. The highest BCUT2D eigenvalue weighted by Gasteiger charge is 2.36. The average molecular weight is 424 g/mol. The van der Waals surface area contributed by atoms with Crippen molar-refractivity contribution < 1.29 is 27.6 Å². The quantitative estimate of drug-likeness (QED) is 0.649. The van der Waals surface area contributed by atoms with Gasteiger partial charge in [-0.1, -0.05) is 18.2 Å². The van der Waals surface area contributed by atoms with Gasteiger partial charge in [-0.15, -0.1) is 0 Å². The number of hydrogen-bond acceptors (Lipinski definition) is 5. The van der Waals surface area contributed by atoms with E-state index in [9.17, 15) is 23.5 Å². The van der Waals surface area contributed by atoms with Crippen molar-refractivity contribution in [2.45, 2.75) is 25.3 Å². The maximum absolute atomic E-state index is 13.0. The third-order valence-corrected chi connectivity index (χ3v) is 5.05. The molecule has 0 unspecified atom stereocenters. The van der Waals surface area contributed by atoms with Crippen LogP contribution in [0.15, 0.2) is 60.9 Å². The number of nitrogens with zero attached hydrogens (tertiary/aromatic N) is 2. The lowest BCUT2D eigenvalue weighted by Crippen LogP contribution is -2.43. The maximum Gasteiger partial charge on any atom is 0.491 e. The molecule has 0 amide bonds. The Bertz CT molecular complexity index is 1130. The van der Waals surface area contributed by atoms with E-state index in [2.05, 4.69) is 11.1 Å². The van der Waals surface area contributed by atoms with E-state index in [1.54, 1.807) is 36.7 Å². The average Bonchev–Trinajstić information content (AvgIpc) is 2.77. The molecular formula is C22H16BF3N2O3. The molecule has 5 nitrogen and oxygen atoms in total. The van der Waals surface area contributed by atoms with Gasteiger partial charge in [0.2, 0.25) is 0 Å². The number of halogens is 3. The van der Waals surface area contributed by atoms with E-state index in [1.165, 1.54) is 6.07 Å². The first-order valence-electron chi connectivity index (χ1n) is 9.44. The highest BCUT2D eigenvalue weighted by molar-refractivity contribution is 6.61. The molecule has 31 heavy (non-hydrogen) atoms. The van der Waals surface area contributed by atoms with Crippen LogP contribution >= 0.6 is 0 Å². The predicted octanol–water partition coefficient (Wildman–Crippen LogP) is 3.55. The number of aromatic nitrogens is 1. The monoisotopic (exact) mass is 424 g/mol. The topological polar surface area (TPSA) is 75.4 Å². The molecule has 1 aromatic heterocycles. The molecule has 0 fully saturated rings. The normalized spacial score (nSPS) is 15.8. The van der Waals surface area contributed by atoms with Gasteiger partial charge in [0.25, 0.3) is 0 Å². The predicted molar refractivity (Wildman–Crippen MR) is 106 cm³/mol. The van der Waals surface area contributed by atoms with Crippen molar-refractivity contribution in [3.63, 3.8) is 0 Å². The first-order chi connectivity index (χ1) is 14.8. The number of benzene rings is 2. The van der Waals surface area contributed by atoms with Gasteiger partial charge < -0.3 is 14.4 Å². The van der Waals surface area contributed by atoms with Crippen molar-refractivity contribution in [3.8, 4) is 11.8 Å². The van der Waals surface area contributed by atoms with Gasteiger partial charge in [0, 0.05) is 24.4 Å². The summed E-state index contributed by atoms with van der Waals surface area (Å²) in [6.45, 7) is 0.211. The van der Waals surface area contributed by atoms with Crippen molar-refractivity contribution in [1.82, 2.24) is 4.98 Å². The molecule has 0 bridgehead atoms. The van der Waals surface area contributed by atoms with E-state index < -0.39 is 25.0 Å². The fourth-order valence-corrected chi connectivity index (χ4v) is 3.46. The van der Waals surface area contributed by atoms with Gasteiger partial charge in [0.15, 0.2) is 0 Å². The zero-order valence-electron chi connectivity index (χ0n) is 16.1. The second-order valence-electron chi connectivity index (χ2n) is 7.11. The van der Waals surface area contributed by atoms with Crippen LogP contribution in [0.3, 0.4) is 0 Å². The van der Waals surface area contributed by atoms with Gasteiger partial charge in [-0.2, -0.15) is 18.4 Å². The van der Waals surface area contributed by atoms with Crippen LogP contribution < -0.4 is 10.2 Å². The lowest BCUT2D eigenvalue weighted by molar-refractivity contribution is -0.137. The Labute approximate surface area is 176 Å². The van der Waals surface area contributed by atoms with Crippen LogP contribution in [0, 0.1) is 11.3 Å². The van der Waals surface area contributed by atoms with Crippen LogP contribution in [0.4, 0.5) is 13.2 Å². The van der Waals surface area contributed by atoms with E-state index in [-0.39, 0.29) is 18.5 Å². The number of alkyl halides is 3. The van der Waals surface area contributed by atoms with E-state index in [0.717, 1.165) is 17.7 Å². The van der Waals surface area contributed by atoms with E-state index in [1.807, 2.05) is 6.07 Å². The number of fused-ring (bicyclic) bond motifs is 1. The number of nitriles is 1. The summed E-state index contributed by atoms with van der Waals surface area (Å²) < 4.78 is 50.3. The minimum absolute atomic E-state index is 0.104. The first-order valence-corrected chi connectivity index (χ1v) is 9.44. The summed E-state index contributed by atoms with van der Waals surface area (Å²) in [6.07, 6.45) is -1.53. The summed E-state index contributed by atoms with van der Waals surface area (Å²) >= 11 is 0. The number of pyridine rings is 1. The van der Waals surface area contributed by atoms with Gasteiger partial charge >= 0.3 is 13.3 Å². The molecule has 1 aliphatic heterocycles. The van der Waals surface area contributed by atoms with Crippen LogP contribution in [0.1, 0.15) is 33.9 Å². The molecule has 0 saturated carbocycles.